The van der Waals surface area contributed by atoms with E-state index in [4.69, 9.17) is 0 Å². The maximum absolute atomic E-state index is 2.61. The van der Waals surface area contributed by atoms with Gasteiger partial charge in [-0.3, -0.25) is 0 Å². The van der Waals surface area contributed by atoms with Crippen LogP contribution in [0.5, 0.6) is 0 Å². The Kier molecular flexibility index (Phi) is 1.59. The Hall–Kier alpha value is 0. The Morgan fingerprint density at radius 2 is 2.00 bits per heavy atom. The van der Waals surface area contributed by atoms with Gasteiger partial charge in [0.05, 0.1) is 0 Å². The Bertz CT molecular complexity index is 294. The maximum Gasteiger partial charge on any atom is -0.0259 e. The van der Waals surface area contributed by atoms with Gasteiger partial charge in [-0.1, -0.05) is 19.8 Å². The second-order valence-electron chi connectivity index (χ2n) is 7.68. The molecule has 84 valence electrons. The minimum Gasteiger partial charge on any atom is -0.0596 e. The van der Waals surface area contributed by atoms with Gasteiger partial charge in [0.15, 0.2) is 0 Å². The van der Waals surface area contributed by atoms with Gasteiger partial charge in [-0.15, -0.1) is 0 Å². The van der Waals surface area contributed by atoms with Crippen molar-refractivity contribution in [2.24, 2.45) is 28.6 Å². The van der Waals surface area contributed by atoms with Crippen LogP contribution in [-0.4, -0.2) is 0 Å². The molecule has 0 aliphatic heterocycles. The molecule has 0 saturated heterocycles. The molecule has 5 fully saturated rings. The van der Waals surface area contributed by atoms with Crippen LogP contribution in [-0.2, 0) is 0 Å². The molecule has 0 N–H and O–H groups in total. The van der Waals surface area contributed by atoms with Gasteiger partial charge < -0.3 is 0 Å². The lowest BCUT2D eigenvalue weighted by Gasteiger charge is -2.67. The van der Waals surface area contributed by atoms with Gasteiger partial charge >= 0.3 is 0 Å². The number of hydrogen-bond acceptors (Lipinski definition) is 0. The molecule has 15 heavy (non-hydrogen) atoms. The molecule has 5 saturated carbocycles. The predicted molar refractivity (Wildman–Crippen MR) is 62.6 cm³/mol. The third-order valence-electron chi connectivity index (χ3n) is 6.44. The first-order valence-corrected chi connectivity index (χ1v) is 7.19. The van der Waals surface area contributed by atoms with E-state index in [-0.39, 0.29) is 0 Å². The van der Waals surface area contributed by atoms with E-state index < -0.39 is 0 Å². The van der Waals surface area contributed by atoms with Gasteiger partial charge in [0.2, 0.25) is 0 Å². The largest absolute Gasteiger partial charge is 0.0596 e. The highest BCUT2D eigenvalue weighted by Crippen LogP contribution is 2.70. The molecule has 5 unspecified atom stereocenters. The van der Waals surface area contributed by atoms with Crippen LogP contribution in [0.3, 0.4) is 0 Å². The number of hydrogen-bond donors (Lipinski definition) is 0. The molecule has 5 aliphatic rings. The highest BCUT2D eigenvalue weighted by atomic mass is 14.6. The van der Waals surface area contributed by atoms with Crippen molar-refractivity contribution in [3.8, 4) is 0 Å². The average molecular weight is 204 g/mol. The van der Waals surface area contributed by atoms with Crippen LogP contribution in [0, 0.1) is 28.6 Å². The van der Waals surface area contributed by atoms with Gasteiger partial charge in [0.1, 0.15) is 0 Å². The smallest absolute Gasteiger partial charge is 0.0259 e. The Morgan fingerprint density at radius 1 is 1.07 bits per heavy atom. The molecule has 0 heterocycles. The molecule has 0 amide bonds. The van der Waals surface area contributed by atoms with Crippen LogP contribution in [0.4, 0.5) is 0 Å². The molecule has 4 bridgehead atoms. The molecule has 0 aromatic heterocycles. The summed E-state index contributed by atoms with van der Waals surface area (Å²) in [6.45, 7) is 2.61. The fourth-order valence-corrected chi connectivity index (χ4v) is 6.65. The molecule has 0 heteroatoms. The van der Waals surface area contributed by atoms with Crippen molar-refractivity contribution in [1.82, 2.24) is 0 Å². The molecule has 0 nitrogen and oxygen atoms in total. The SMILES string of the molecule is CC12CC3CC(C1)C1CCCCC1(C3)C2. The van der Waals surface area contributed by atoms with Gasteiger partial charge in [-0.25, -0.2) is 0 Å². The van der Waals surface area contributed by atoms with Crippen molar-refractivity contribution in [2.75, 3.05) is 0 Å². The summed E-state index contributed by atoms with van der Waals surface area (Å²) in [6.07, 6.45) is 14.3. The van der Waals surface area contributed by atoms with E-state index in [1.54, 1.807) is 57.8 Å². The van der Waals surface area contributed by atoms with Gasteiger partial charge in [-0.2, -0.15) is 0 Å². The number of rotatable bonds is 0. The summed E-state index contributed by atoms with van der Waals surface area (Å²) in [7, 11) is 0. The van der Waals surface area contributed by atoms with Gasteiger partial charge in [0.25, 0.3) is 0 Å². The molecule has 0 aromatic rings. The minimum atomic E-state index is 0.777. The van der Waals surface area contributed by atoms with Crippen molar-refractivity contribution in [3.63, 3.8) is 0 Å². The summed E-state index contributed by atoms with van der Waals surface area (Å²) in [5.74, 6) is 3.45. The third-order valence-corrected chi connectivity index (χ3v) is 6.44. The Labute approximate surface area is 93.8 Å². The van der Waals surface area contributed by atoms with Crippen LogP contribution in [0.1, 0.15) is 64.7 Å². The molecular formula is C15H24. The highest BCUT2D eigenvalue weighted by Gasteiger charge is 2.60. The molecule has 5 aliphatic carbocycles. The maximum atomic E-state index is 2.61. The van der Waals surface area contributed by atoms with E-state index in [1.807, 2.05) is 0 Å². The van der Waals surface area contributed by atoms with Crippen molar-refractivity contribution in [3.05, 3.63) is 0 Å². The first-order chi connectivity index (χ1) is 7.19. The van der Waals surface area contributed by atoms with Gasteiger partial charge in [-0.05, 0) is 73.5 Å². The van der Waals surface area contributed by atoms with E-state index in [1.165, 1.54) is 0 Å². The van der Waals surface area contributed by atoms with Crippen molar-refractivity contribution < 1.29 is 0 Å². The predicted octanol–water partition coefficient (Wildman–Crippen LogP) is 4.39. The second kappa shape index (κ2) is 2.63. The molecule has 0 aromatic carbocycles. The second-order valence-corrected chi connectivity index (χ2v) is 7.68. The molecule has 5 rings (SSSR count). The van der Waals surface area contributed by atoms with Crippen LogP contribution in [0.2, 0.25) is 0 Å². The third kappa shape index (κ3) is 1.09. The topological polar surface area (TPSA) is 0 Å². The summed E-state index contributed by atoms with van der Waals surface area (Å²) in [4.78, 5) is 0. The quantitative estimate of drug-likeness (QED) is 0.549. The van der Waals surface area contributed by atoms with E-state index in [0.29, 0.717) is 0 Å². The van der Waals surface area contributed by atoms with Gasteiger partial charge in [0, 0.05) is 0 Å². The first kappa shape index (κ1) is 9.07. The van der Waals surface area contributed by atoms with Crippen molar-refractivity contribution >= 4 is 0 Å². The summed E-state index contributed by atoms with van der Waals surface area (Å²) >= 11 is 0. The summed E-state index contributed by atoms with van der Waals surface area (Å²) in [5.41, 5.74) is 1.64. The molecule has 1 spiro atoms. The normalized spacial score (nSPS) is 61.8. The zero-order valence-electron chi connectivity index (χ0n) is 10.1. The fourth-order valence-electron chi connectivity index (χ4n) is 6.65. The lowest BCUT2D eigenvalue weighted by Crippen LogP contribution is -2.57. The lowest BCUT2D eigenvalue weighted by atomic mass is 9.38. The first-order valence-electron chi connectivity index (χ1n) is 7.19. The zero-order chi connectivity index (χ0) is 10.1. The molecular weight excluding hydrogens is 180 g/mol. The monoisotopic (exact) mass is 204 g/mol. The molecule has 5 atom stereocenters. The van der Waals surface area contributed by atoms with E-state index in [2.05, 4.69) is 6.92 Å². The van der Waals surface area contributed by atoms with Crippen molar-refractivity contribution in [2.45, 2.75) is 64.7 Å². The van der Waals surface area contributed by atoms with Crippen molar-refractivity contribution in [1.29, 1.82) is 0 Å². The summed E-state index contributed by atoms with van der Waals surface area (Å²) in [5, 5.41) is 0. The molecule has 0 radical (unpaired) electrons. The standard InChI is InChI=1S/C15H24/c1-14-7-11-6-12(9-14)13-4-2-3-5-15(13,8-11)10-14/h11-13H,2-10H2,1H3. The Balaban J connectivity index is 1.77. The zero-order valence-corrected chi connectivity index (χ0v) is 10.1. The summed E-state index contributed by atoms with van der Waals surface area (Å²) < 4.78 is 0. The van der Waals surface area contributed by atoms with Crippen LogP contribution in [0.25, 0.3) is 0 Å². The van der Waals surface area contributed by atoms with E-state index in [9.17, 15) is 0 Å². The van der Waals surface area contributed by atoms with E-state index in [0.717, 1.165) is 28.6 Å². The summed E-state index contributed by atoms with van der Waals surface area (Å²) in [6, 6.07) is 0. The minimum absolute atomic E-state index is 0.777. The van der Waals surface area contributed by atoms with Crippen LogP contribution in [0.15, 0.2) is 0 Å². The lowest BCUT2D eigenvalue weighted by molar-refractivity contribution is -0.165. The highest BCUT2D eigenvalue weighted by molar-refractivity contribution is 5.10. The van der Waals surface area contributed by atoms with E-state index >= 15 is 0 Å². The fraction of sp³-hybridized carbons (Fsp3) is 1.00. The average Bonchev–Trinajstić information content (AvgIpc) is 2.13. The van der Waals surface area contributed by atoms with Crippen LogP contribution >= 0.6 is 0 Å². The van der Waals surface area contributed by atoms with Crippen LogP contribution < -0.4 is 0 Å². The Morgan fingerprint density at radius 3 is 2.87 bits per heavy atom.